The lowest BCUT2D eigenvalue weighted by atomic mass is 9.81. The number of rotatable bonds is 13. The van der Waals surface area contributed by atoms with Crippen LogP contribution >= 0.6 is 44.3 Å². The number of hydrogen-bond acceptors (Lipinski definition) is 17. The molecule has 3 N–H and O–H groups in total. The summed E-state index contributed by atoms with van der Waals surface area (Å²) in [5.74, 6) is 1.09. The number of nitrogens with zero attached hydrogens (tertiary/aromatic N) is 8. The molecule has 25 heteroatoms. The van der Waals surface area contributed by atoms with E-state index in [1.807, 2.05) is 128 Å². The van der Waals surface area contributed by atoms with Crippen molar-refractivity contribution in [1.29, 1.82) is 0 Å². The van der Waals surface area contributed by atoms with Crippen LogP contribution in [0.4, 0.5) is 32.8 Å². The van der Waals surface area contributed by atoms with Crippen LogP contribution in [-0.2, 0) is 0 Å². The van der Waals surface area contributed by atoms with Gasteiger partial charge in [0.25, 0.3) is 11.4 Å². The number of anilines is 2. The molecule has 444 valence electrons. The number of pyridine rings is 3. The molecule has 20 nitrogen and oxygen atoms in total. The maximum absolute atomic E-state index is 12.6. The summed E-state index contributed by atoms with van der Waals surface area (Å²) in [6.45, 7) is 10.6. The molecule has 0 spiro atoms. The molecule has 0 aliphatic carbocycles. The van der Waals surface area contributed by atoms with Gasteiger partial charge >= 0.3 is 12.8 Å². The monoisotopic (exact) mass is 1310 g/mol. The minimum atomic E-state index is -1.34. The van der Waals surface area contributed by atoms with Gasteiger partial charge in [0.1, 0.15) is 29.7 Å². The normalized spacial score (nSPS) is 15.6. The second-order valence-corrected chi connectivity index (χ2v) is 21.4. The number of nitro groups is 3. The van der Waals surface area contributed by atoms with Gasteiger partial charge in [-0.05, 0) is 97.3 Å². The van der Waals surface area contributed by atoms with Crippen molar-refractivity contribution in [2.24, 2.45) is 0 Å². The number of aryl methyl sites for hydroxylation is 3. The van der Waals surface area contributed by atoms with E-state index in [9.17, 15) is 34.7 Å². The van der Waals surface area contributed by atoms with Gasteiger partial charge < -0.3 is 39.4 Å². The minimum absolute atomic E-state index is 0. The van der Waals surface area contributed by atoms with Crippen molar-refractivity contribution in [2.45, 2.75) is 58.3 Å². The lowest BCUT2D eigenvalue weighted by molar-refractivity contribution is -0.387. The van der Waals surface area contributed by atoms with Crippen LogP contribution < -0.4 is 34.8 Å². The Labute approximate surface area is 514 Å². The second kappa shape index (κ2) is 32.8. The molecular formula is C60H62BBr2ClFN9O11. The molecule has 0 unspecified atom stereocenters. The third-order valence-electron chi connectivity index (χ3n) is 13.1. The van der Waals surface area contributed by atoms with Crippen molar-refractivity contribution in [3.63, 3.8) is 0 Å². The van der Waals surface area contributed by atoms with Crippen LogP contribution in [0.2, 0.25) is 0 Å². The number of hydrogen-bond donors (Lipinski definition) is 3. The number of aromatic nitrogens is 3. The lowest BCUT2D eigenvalue weighted by Crippen LogP contribution is -2.29. The Bertz CT molecular complexity index is 3430. The first kappa shape index (κ1) is 66.0. The average Bonchev–Trinajstić information content (AvgIpc) is 4.52. The molecule has 6 heterocycles. The van der Waals surface area contributed by atoms with Crippen LogP contribution in [0.15, 0.2) is 179 Å². The first-order chi connectivity index (χ1) is 40.4. The number of benzene rings is 5. The number of nitro benzene ring substituents is 3. The standard InChI is InChI=1S/C22H21N3O3.C16H16BrN3O3.C10H14N2O.C6H7BO2.C6H3BrFNO2.ClH/c1-16-7-10-22(23-14-16)28-19-11-12-24(15-19)20-9-8-18(13-21(20)25(26)27)17-5-3-2-4-6-17;1-11-2-5-16(18-9-11)23-13-6-7-19(10-13)14-4-3-12(17)8-15(14)20(21)22;1-8-2-3-10(12-6-8)13-9-4-5-11-7-9;8-7(9)6-4-2-1-3-5-6;7-4-1-2-5(8)6(3-4)9(10)11;/h2-10,13-14,19H,11-12,15H2,1H3;2-5,8-9,13H,6-7,10H2,1H3;2-3,6,9,11H,4-5,7H2,1H3;1-5,8-9H;1-3H;1H/t19-;13-;9-;;;/m000.../s1. The van der Waals surface area contributed by atoms with Gasteiger partial charge in [-0.1, -0.05) is 117 Å². The largest absolute Gasteiger partial charge is 0.488 e. The van der Waals surface area contributed by atoms with Crippen LogP contribution in [0.25, 0.3) is 11.1 Å². The van der Waals surface area contributed by atoms with Crippen molar-refractivity contribution < 1.29 is 43.4 Å². The number of halogens is 4. The van der Waals surface area contributed by atoms with E-state index < -0.39 is 23.5 Å². The van der Waals surface area contributed by atoms with Crippen LogP contribution in [0, 0.1) is 56.9 Å². The van der Waals surface area contributed by atoms with Gasteiger partial charge in [-0.2, -0.15) is 4.39 Å². The summed E-state index contributed by atoms with van der Waals surface area (Å²) in [4.78, 5) is 48.4. The summed E-state index contributed by atoms with van der Waals surface area (Å²) in [5.41, 5.74) is 6.62. The Morgan fingerprint density at radius 3 is 1.40 bits per heavy atom. The lowest BCUT2D eigenvalue weighted by Gasteiger charge is -2.19. The van der Waals surface area contributed by atoms with Crippen molar-refractivity contribution in [3.05, 3.63) is 232 Å². The summed E-state index contributed by atoms with van der Waals surface area (Å²) in [6.07, 6.45) is 8.30. The average molecular weight is 1310 g/mol. The number of ether oxygens (including phenoxy) is 3. The highest BCUT2D eigenvalue weighted by atomic mass is 79.9. The smallest absolute Gasteiger partial charge is 0.473 e. The zero-order valence-electron chi connectivity index (χ0n) is 46.5. The maximum Gasteiger partial charge on any atom is 0.488 e. The first-order valence-electron chi connectivity index (χ1n) is 26.7. The molecule has 0 radical (unpaired) electrons. The van der Waals surface area contributed by atoms with Crippen molar-refractivity contribution in [3.8, 4) is 28.8 Å². The summed E-state index contributed by atoms with van der Waals surface area (Å²) in [6, 6.07) is 44.0. The van der Waals surface area contributed by atoms with Crippen molar-refractivity contribution in [2.75, 3.05) is 49.1 Å². The van der Waals surface area contributed by atoms with E-state index in [4.69, 9.17) is 24.3 Å². The predicted octanol–water partition coefficient (Wildman–Crippen LogP) is 11.8. The Hall–Kier alpha value is -8.13. The minimum Gasteiger partial charge on any atom is -0.473 e. The maximum atomic E-state index is 12.6. The van der Waals surface area contributed by atoms with E-state index in [1.165, 1.54) is 12.1 Å². The molecule has 3 saturated heterocycles. The third-order valence-corrected chi connectivity index (χ3v) is 14.1. The van der Waals surface area contributed by atoms with Crippen LogP contribution in [0.1, 0.15) is 36.0 Å². The molecule has 3 aromatic heterocycles. The second-order valence-electron chi connectivity index (χ2n) is 19.6. The summed E-state index contributed by atoms with van der Waals surface area (Å²) in [7, 11) is -1.34. The molecular weight excluding hydrogens is 1250 g/mol. The van der Waals surface area contributed by atoms with E-state index >= 15 is 0 Å². The van der Waals surface area contributed by atoms with Crippen molar-refractivity contribution in [1.82, 2.24) is 20.3 Å². The van der Waals surface area contributed by atoms with E-state index in [2.05, 4.69) is 52.1 Å². The van der Waals surface area contributed by atoms with Gasteiger partial charge in [-0.3, -0.25) is 30.3 Å². The molecule has 0 amide bonds. The number of nitrogens with one attached hydrogen (secondary N) is 1. The Morgan fingerprint density at radius 1 is 0.553 bits per heavy atom. The fraction of sp³-hybridized carbons (Fsp3) is 0.250. The fourth-order valence-electron chi connectivity index (χ4n) is 8.81. The Kier molecular flexibility index (Phi) is 25.5. The quantitative estimate of drug-likeness (QED) is 0.0551. The third kappa shape index (κ3) is 20.6. The highest BCUT2D eigenvalue weighted by Crippen LogP contribution is 2.36. The highest BCUT2D eigenvalue weighted by Gasteiger charge is 2.31. The summed E-state index contributed by atoms with van der Waals surface area (Å²) < 4.78 is 31.2. The Balaban J connectivity index is 0.000000181. The van der Waals surface area contributed by atoms with E-state index in [1.54, 1.807) is 48.8 Å². The highest BCUT2D eigenvalue weighted by molar-refractivity contribution is 9.10. The zero-order chi connectivity index (χ0) is 60.1. The van der Waals surface area contributed by atoms with Crippen LogP contribution in [-0.4, -0.2) is 104 Å². The molecule has 0 saturated carbocycles. The van der Waals surface area contributed by atoms with E-state index in [0.29, 0.717) is 63.3 Å². The van der Waals surface area contributed by atoms with Gasteiger partial charge in [0, 0.05) is 96.4 Å². The molecule has 3 fully saturated rings. The molecule has 85 heavy (non-hydrogen) atoms. The molecule has 3 aliphatic rings. The molecule has 3 aliphatic heterocycles. The predicted molar refractivity (Wildman–Crippen MR) is 335 cm³/mol. The van der Waals surface area contributed by atoms with Gasteiger partial charge in [0.05, 0.1) is 27.9 Å². The van der Waals surface area contributed by atoms with Crippen molar-refractivity contribution >= 4 is 85.3 Å². The first-order valence-corrected chi connectivity index (χ1v) is 28.2. The topological polar surface area (TPSA) is 255 Å². The van der Waals surface area contributed by atoms with Gasteiger partial charge in [-0.15, -0.1) is 12.4 Å². The molecule has 8 aromatic rings. The summed E-state index contributed by atoms with van der Waals surface area (Å²) >= 11 is 6.27. The Morgan fingerprint density at radius 2 is 0.988 bits per heavy atom. The van der Waals surface area contributed by atoms with Gasteiger partial charge in [0.2, 0.25) is 23.5 Å². The van der Waals surface area contributed by atoms with E-state index in [-0.39, 0.29) is 45.8 Å². The van der Waals surface area contributed by atoms with Gasteiger partial charge in [0.15, 0.2) is 0 Å². The summed E-state index contributed by atoms with van der Waals surface area (Å²) in [5, 5.41) is 53.5. The molecule has 5 aromatic carbocycles. The molecule has 3 atom stereocenters. The zero-order valence-corrected chi connectivity index (χ0v) is 50.5. The SMILES string of the molecule is Cc1ccc(O[C@H]2CCN(c3ccc(-c4ccccc4)cc3[N+](=O)[O-])C2)nc1.Cc1ccc(O[C@H]2CCN(c3ccc(Br)cc3[N+](=O)[O-])C2)nc1.Cc1ccc(O[C@H]2CCNC2)nc1.Cl.O=[N+]([O-])c1cc(Br)ccc1F.OB(O)c1ccccc1. The van der Waals surface area contributed by atoms with Gasteiger partial charge in [-0.25, -0.2) is 15.0 Å². The van der Waals surface area contributed by atoms with E-state index in [0.717, 1.165) is 84.7 Å². The molecule has 11 rings (SSSR count). The fourth-order valence-corrected chi connectivity index (χ4v) is 9.51. The van der Waals surface area contributed by atoms with Crippen LogP contribution in [0.5, 0.6) is 17.6 Å². The molecule has 0 bridgehead atoms. The van der Waals surface area contributed by atoms with Crippen LogP contribution in [0.3, 0.4) is 0 Å².